The Bertz CT molecular complexity index is 599. The first kappa shape index (κ1) is 19.2. The zero-order chi connectivity index (χ0) is 18.6. The Balaban J connectivity index is 1.94. The number of carboxylic acids is 1. The van der Waals surface area contributed by atoms with Crippen LogP contribution >= 0.6 is 0 Å². The van der Waals surface area contributed by atoms with Crippen molar-refractivity contribution in [2.24, 2.45) is 0 Å². The molecule has 0 bridgehead atoms. The summed E-state index contributed by atoms with van der Waals surface area (Å²) in [6, 6.07) is 6.98. The number of carbonyl (C=O) groups is 2. The van der Waals surface area contributed by atoms with Crippen molar-refractivity contribution in [2.45, 2.75) is 58.2 Å². The van der Waals surface area contributed by atoms with E-state index in [2.05, 4.69) is 5.32 Å². The number of likely N-dealkylation sites (tertiary alicyclic amines) is 1. The summed E-state index contributed by atoms with van der Waals surface area (Å²) in [5.41, 5.74) is 1.37. The summed E-state index contributed by atoms with van der Waals surface area (Å²) in [7, 11) is 0. The van der Waals surface area contributed by atoms with E-state index >= 15 is 0 Å². The number of carboxylic acid groups (broad SMARTS) is 1. The average Bonchev–Trinajstić information content (AvgIpc) is 2.49. The number of hydrogen-bond acceptors (Lipinski definition) is 4. The van der Waals surface area contributed by atoms with Crippen LogP contribution in [0.15, 0.2) is 24.3 Å². The van der Waals surface area contributed by atoms with Crippen LogP contribution in [0.5, 0.6) is 0 Å². The number of aryl methyl sites for hydroxylation is 1. The monoisotopic (exact) mass is 348 g/mol. The van der Waals surface area contributed by atoms with Crippen molar-refractivity contribution in [1.29, 1.82) is 0 Å². The van der Waals surface area contributed by atoms with Gasteiger partial charge in [-0.25, -0.2) is 4.79 Å². The van der Waals surface area contributed by atoms with Gasteiger partial charge in [0, 0.05) is 19.1 Å². The maximum atomic E-state index is 11.9. The van der Waals surface area contributed by atoms with Crippen LogP contribution in [0.4, 0.5) is 4.79 Å². The van der Waals surface area contributed by atoms with Gasteiger partial charge < -0.3 is 15.2 Å². The predicted octanol–water partition coefficient (Wildman–Crippen LogP) is 3.11. The minimum atomic E-state index is -0.845. The molecule has 6 heteroatoms. The van der Waals surface area contributed by atoms with Gasteiger partial charge in [-0.15, -0.1) is 0 Å². The summed E-state index contributed by atoms with van der Waals surface area (Å²) < 4.78 is 5.28. The molecule has 1 aromatic rings. The SMILES string of the molecule is Cc1ccc([C@@H](C(=O)O)N2CCC(NC(=O)OC(C)(C)C)CC2)cc1. The van der Waals surface area contributed by atoms with E-state index in [4.69, 9.17) is 4.74 Å². The van der Waals surface area contributed by atoms with Gasteiger partial charge in [-0.05, 0) is 46.1 Å². The number of piperidine rings is 1. The van der Waals surface area contributed by atoms with Gasteiger partial charge >= 0.3 is 12.1 Å². The molecule has 0 radical (unpaired) electrons. The number of carbonyl (C=O) groups excluding carboxylic acids is 1. The molecule has 0 aromatic heterocycles. The van der Waals surface area contributed by atoms with E-state index in [0.29, 0.717) is 25.9 Å². The topological polar surface area (TPSA) is 78.9 Å². The number of benzene rings is 1. The van der Waals surface area contributed by atoms with E-state index in [9.17, 15) is 14.7 Å². The number of aliphatic carboxylic acids is 1. The molecule has 1 saturated heterocycles. The van der Waals surface area contributed by atoms with Crippen LogP contribution in [-0.2, 0) is 9.53 Å². The molecule has 1 atom stereocenters. The van der Waals surface area contributed by atoms with Gasteiger partial charge in [0.15, 0.2) is 0 Å². The molecule has 1 aromatic carbocycles. The van der Waals surface area contributed by atoms with E-state index in [1.807, 2.05) is 56.9 Å². The quantitative estimate of drug-likeness (QED) is 0.874. The fourth-order valence-electron chi connectivity index (χ4n) is 3.03. The third kappa shape index (κ3) is 5.74. The Labute approximate surface area is 149 Å². The molecular formula is C19H28N2O4. The van der Waals surface area contributed by atoms with E-state index in [1.165, 1.54) is 0 Å². The van der Waals surface area contributed by atoms with Gasteiger partial charge in [0.2, 0.25) is 0 Å². The molecule has 1 fully saturated rings. The Kier molecular flexibility index (Phi) is 6.06. The number of hydrogen-bond donors (Lipinski definition) is 2. The molecule has 0 saturated carbocycles. The Morgan fingerprint density at radius 3 is 2.24 bits per heavy atom. The summed E-state index contributed by atoms with van der Waals surface area (Å²) in [5.74, 6) is -0.845. The van der Waals surface area contributed by atoms with E-state index in [-0.39, 0.29) is 6.04 Å². The maximum Gasteiger partial charge on any atom is 0.407 e. The number of ether oxygens (including phenoxy) is 1. The van der Waals surface area contributed by atoms with Crippen molar-refractivity contribution >= 4 is 12.1 Å². The second kappa shape index (κ2) is 7.87. The first-order chi connectivity index (χ1) is 11.7. The number of nitrogens with one attached hydrogen (secondary N) is 1. The molecule has 2 rings (SSSR count). The molecule has 25 heavy (non-hydrogen) atoms. The summed E-state index contributed by atoms with van der Waals surface area (Å²) >= 11 is 0. The fraction of sp³-hybridized carbons (Fsp3) is 0.579. The lowest BCUT2D eigenvalue weighted by Gasteiger charge is -2.36. The van der Waals surface area contributed by atoms with Crippen molar-refractivity contribution in [1.82, 2.24) is 10.2 Å². The zero-order valence-electron chi connectivity index (χ0n) is 15.4. The molecule has 0 unspecified atom stereocenters. The third-order valence-electron chi connectivity index (χ3n) is 4.24. The molecule has 138 valence electrons. The summed E-state index contributed by atoms with van der Waals surface area (Å²) in [6.07, 6.45) is 0.989. The summed E-state index contributed by atoms with van der Waals surface area (Å²) in [6.45, 7) is 8.70. The van der Waals surface area contributed by atoms with Crippen molar-refractivity contribution in [3.63, 3.8) is 0 Å². The molecule has 0 aliphatic carbocycles. The predicted molar refractivity (Wildman–Crippen MR) is 95.5 cm³/mol. The highest BCUT2D eigenvalue weighted by Gasteiger charge is 2.31. The Morgan fingerprint density at radius 2 is 1.76 bits per heavy atom. The van der Waals surface area contributed by atoms with Gasteiger partial charge in [-0.3, -0.25) is 9.69 Å². The summed E-state index contributed by atoms with van der Waals surface area (Å²) in [4.78, 5) is 25.6. The van der Waals surface area contributed by atoms with Crippen molar-refractivity contribution in [2.75, 3.05) is 13.1 Å². The van der Waals surface area contributed by atoms with Crippen LogP contribution in [0.3, 0.4) is 0 Å². The fourth-order valence-corrected chi connectivity index (χ4v) is 3.03. The highest BCUT2D eigenvalue weighted by Crippen LogP contribution is 2.25. The maximum absolute atomic E-state index is 11.9. The molecular weight excluding hydrogens is 320 g/mol. The zero-order valence-corrected chi connectivity index (χ0v) is 15.4. The van der Waals surface area contributed by atoms with Crippen LogP contribution in [0.25, 0.3) is 0 Å². The van der Waals surface area contributed by atoms with Crippen molar-refractivity contribution < 1.29 is 19.4 Å². The minimum absolute atomic E-state index is 0.0126. The molecule has 0 spiro atoms. The lowest BCUT2D eigenvalue weighted by Crippen LogP contribution is -2.48. The highest BCUT2D eigenvalue weighted by molar-refractivity contribution is 5.75. The molecule has 6 nitrogen and oxygen atoms in total. The van der Waals surface area contributed by atoms with Gasteiger partial charge in [0.25, 0.3) is 0 Å². The number of rotatable bonds is 4. The lowest BCUT2D eigenvalue weighted by molar-refractivity contribution is -0.144. The van der Waals surface area contributed by atoms with Crippen LogP contribution in [0.1, 0.15) is 50.8 Å². The average molecular weight is 348 g/mol. The lowest BCUT2D eigenvalue weighted by atomic mass is 9.98. The molecule has 2 N–H and O–H groups in total. The first-order valence-electron chi connectivity index (χ1n) is 8.68. The van der Waals surface area contributed by atoms with Gasteiger partial charge in [0.05, 0.1) is 0 Å². The van der Waals surface area contributed by atoms with Crippen molar-refractivity contribution in [3.8, 4) is 0 Å². The van der Waals surface area contributed by atoms with Crippen LogP contribution in [0.2, 0.25) is 0 Å². The van der Waals surface area contributed by atoms with Gasteiger partial charge in [0.1, 0.15) is 11.6 Å². The van der Waals surface area contributed by atoms with Crippen LogP contribution < -0.4 is 5.32 Å². The van der Waals surface area contributed by atoms with Crippen LogP contribution in [0, 0.1) is 6.92 Å². The molecule has 1 heterocycles. The Hall–Kier alpha value is -2.08. The molecule has 1 aliphatic heterocycles. The normalized spacial score (nSPS) is 17.8. The van der Waals surface area contributed by atoms with E-state index in [1.54, 1.807) is 0 Å². The van der Waals surface area contributed by atoms with Gasteiger partial charge in [-0.2, -0.15) is 0 Å². The standard InChI is InChI=1S/C19H28N2O4/c1-13-5-7-14(8-6-13)16(17(22)23)21-11-9-15(10-12-21)20-18(24)25-19(2,3)4/h5-8,15-16H,9-12H2,1-4H3,(H,20,24)(H,22,23)/t16-/m0/s1. The Morgan fingerprint density at radius 1 is 1.20 bits per heavy atom. The number of alkyl carbamates (subject to hydrolysis) is 1. The summed E-state index contributed by atoms with van der Waals surface area (Å²) in [5, 5.41) is 12.5. The van der Waals surface area contributed by atoms with Crippen molar-refractivity contribution in [3.05, 3.63) is 35.4 Å². The first-order valence-corrected chi connectivity index (χ1v) is 8.68. The second-order valence-electron chi connectivity index (χ2n) is 7.61. The third-order valence-corrected chi connectivity index (χ3v) is 4.24. The van der Waals surface area contributed by atoms with E-state index in [0.717, 1.165) is 11.1 Å². The second-order valence-corrected chi connectivity index (χ2v) is 7.61. The largest absolute Gasteiger partial charge is 0.480 e. The molecule has 1 amide bonds. The molecule has 1 aliphatic rings. The number of amides is 1. The van der Waals surface area contributed by atoms with Crippen LogP contribution in [-0.4, -0.2) is 46.8 Å². The number of nitrogens with zero attached hydrogens (tertiary/aromatic N) is 1. The minimum Gasteiger partial charge on any atom is -0.480 e. The van der Waals surface area contributed by atoms with E-state index < -0.39 is 23.7 Å². The smallest absolute Gasteiger partial charge is 0.407 e. The highest BCUT2D eigenvalue weighted by atomic mass is 16.6. The van der Waals surface area contributed by atoms with Gasteiger partial charge in [-0.1, -0.05) is 29.8 Å².